The molecule has 104 valence electrons. The van der Waals surface area contributed by atoms with Crippen molar-refractivity contribution in [3.63, 3.8) is 0 Å². The van der Waals surface area contributed by atoms with Crippen molar-refractivity contribution in [2.45, 2.75) is 19.0 Å². The van der Waals surface area contributed by atoms with Crippen LogP contribution in [-0.4, -0.2) is 40.1 Å². The third-order valence-electron chi connectivity index (χ3n) is 3.80. The number of likely N-dealkylation sites (N-methyl/N-ethyl adjacent to an activating group) is 1. The molecule has 1 aliphatic rings. The smallest absolute Gasteiger partial charge is 0.408 e. The molecule has 6 nitrogen and oxygen atoms in total. The molecule has 0 bridgehead atoms. The molecule has 3 N–H and O–H groups in total. The highest BCUT2D eigenvalue weighted by atomic mass is 16.4. The van der Waals surface area contributed by atoms with E-state index in [0.29, 0.717) is 6.42 Å². The zero-order valence-corrected chi connectivity index (χ0v) is 11.0. The van der Waals surface area contributed by atoms with E-state index in [0.717, 1.165) is 22.2 Å². The van der Waals surface area contributed by atoms with E-state index in [9.17, 15) is 14.7 Å². The number of amides is 2. The quantitative estimate of drug-likeness (QED) is 0.732. The van der Waals surface area contributed by atoms with Crippen LogP contribution in [0.3, 0.4) is 0 Å². The number of benzene rings is 1. The van der Waals surface area contributed by atoms with Crippen molar-refractivity contribution < 1.29 is 14.7 Å². The Kier molecular flexibility index (Phi) is 2.85. The van der Waals surface area contributed by atoms with Crippen LogP contribution in [0, 0.1) is 0 Å². The van der Waals surface area contributed by atoms with E-state index in [-0.39, 0.29) is 12.5 Å². The second kappa shape index (κ2) is 4.56. The van der Waals surface area contributed by atoms with Gasteiger partial charge in [-0.2, -0.15) is 0 Å². The highest BCUT2D eigenvalue weighted by molar-refractivity contribution is 5.90. The molecule has 0 spiro atoms. The van der Waals surface area contributed by atoms with Crippen molar-refractivity contribution in [3.05, 3.63) is 35.5 Å². The molecule has 1 aromatic carbocycles. The summed E-state index contributed by atoms with van der Waals surface area (Å²) < 4.78 is 0. The number of fused-ring (bicyclic) bond motifs is 3. The van der Waals surface area contributed by atoms with Gasteiger partial charge in [0.1, 0.15) is 6.04 Å². The zero-order chi connectivity index (χ0) is 14.3. The van der Waals surface area contributed by atoms with E-state index >= 15 is 0 Å². The van der Waals surface area contributed by atoms with Gasteiger partial charge in [-0.25, -0.2) is 4.79 Å². The second-order valence-corrected chi connectivity index (χ2v) is 4.87. The number of aromatic amines is 1. The normalized spacial score (nSPS) is 17.9. The summed E-state index contributed by atoms with van der Waals surface area (Å²) in [5.41, 5.74) is 2.88. The number of nitrogens with zero attached hydrogens (tertiary/aromatic N) is 1. The SMILES string of the molecule is CNC(=O)C1Cc2c([nH]c3ccccc23)CN1C(=O)O. The van der Waals surface area contributed by atoms with Crippen molar-refractivity contribution in [2.75, 3.05) is 7.05 Å². The predicted molar refractivity (Wildman–Crippen MR) is 73.4 cm³/mol. The molecule has 2 amide bonds. The number of nitrogens with one attached hydrogen (secondary N) is 2. The Morgan fingerprint density at radius 1 is 1.40 bits per heavy atom. The summed E-state index contributed by atoms with van der Waals surface area (Å²) in [4.78, 5) is 27.7. The number of hydrogen-bond donors (Lipinski definition) is 3. The van der Waals surface area contributed by atoms with Crippen molar-refractivity contribution in [2.24, 2.45) is 0 Å². The number of hydrogen-bond acceptors (Lipinski definition) is 2. The molecule has 1 unspecified atom stereocenters. The molecule has 0 fully saturated rings. The van der Waals surface area contributed by atoms with Gasteiger partial charge in [0, 0.05) is 30.1 Å². The Morgan fingerprint density at radius 3 is 2.85 bits per heavy atom. The summed E-state index contributed by atoms with van der Waals surface area (Å²) in [6.45, 7) is 0.206. The summed E-state index contributed by atoms with van der Waals surface area (Å²) in [6, 6.07) is 7.13. The molecule has 20 heavy (non-hydrogen) atoms. The molecular formula is C14H15N3O3. The summed E-state index contributed by atoms with van der Waals surface area (Å²) in [7, 11) is 1.52. The maximum atomic E-state index is 11.9. The van der Waals surface area contributed by atoms with Gasteiger partial charge in [-0.05, 0) is 11.6 Å². The minimum absolute atomic E-state index is 0.206. The average Bonchev–Trinajstić information content (AvgIpc) is 2.82. The largest absolute Gasteiger partial charge is 0.465 e. The van der Waals surface area contributed by atoms with E-state index in [4.69, 9.17) is 0 Å². The molecule has 1 aliphatic heterocycles. The van der Waals surface area contributed by atoms with Gasteiger partial charge in [-0.15, -0.1) is 0 Å². The van der Waals surface area contributed by atoms with Crippen LogP contribution >= 0.6 is 0 Å². The van der Waals surface area contributed by atoms with Crippen LogP contribution in [0.25, 0.3) is 10.9 Å². The number of carboxylic acid groups (broad SMARTS) is 1. The Hall–Kier alpha value is -2.50. The first-order chi connectivity index (χ1) is 9.61. The number of H-pyrrole nitrogens is 1. The van der Waals surface area contributed by atoms with Gasteiger partial charge >= 0.3 is 6.09 Å². The van der Waals surface area contributed by atoms with Gasteiger partial charge in [-0.1, -0.05) is 18.2 Å². The van der Waals surface area contributed by atoms with Crippen molar-refractivity contribution in [3.8, 4) is 0 Å². The van der Waals surface area contributed by atoms with Crippen molar-refractivity contribution >= 4 is 22.9 Å². The fourth-order valence-electron chi connectivity index (χ4n) is 2.81. The average molecular weight is 273 g/mol. The Morgan fingerprint density at radius 2 is 2.15 bits per heavy atom. The van der Waals surface area contributed by atoms with E-state index in [1.165, 1.54) is 11.9 Å². The topological polar surface area (TPSA) is 85.4 Å². The fourth-order valence-corrected chi connectivity index (χ4v) is 2.81. The molecule has 2 aromatic rings. The third-order valence-corrected chi connectivity index (χ3v) is 3.80. The van der Waals surface area contributed by atoms with Crippen LogP contribution in [0.1, 0.15) is 11.3 Å². The van der Waals surface area contributed by atoms with Gasteiger partial charge in [0.2, 0.25) is 5.91 Å². The molecule has 1 aromatic heterocycles. The Balaban J connectivity index is 2.09. The summed E-state index contributed by atoms with van der Waals surface area (Å²) in [6.07, 6.45) is -0.686. The lowest BCUT2D eigenvalue weighted by molar-refractivity contribution is -0.125. The molecule has 0 saturated carbocycles. The van der Waals surface area contributed by atoms with E-state index < -0.39 is 12.1 Å². The van der Waals surface area contributed by atoms with E-state index in [1.54, 1.807) is 0 Å². The number of rotatable bonds is 1. The maximum absolute atomic E-state index is 11.9. The first-order valence-corrected chi connectivity index (χ1v) is 6.41. The van der Waals surface area contributed by atoms with E-state index in [1.807, 2.05) is 24.3 Å². The van der Waals surface area contributed by atoms with Crippen LogP contribution in [0.2, 0.25) is 0 Å². The Bertz CT molecular complexity index is 692. The third kappa shape index (κ3) is 1.80. The van der Waals surface area contributed by atoms with Crippen LogP contribution in [0.4, 0.5) is 4.79 Å². The molecular weight excluding hydrogens is 258 g/mol. The lowest BCUT2D eigenvalue weighted by atomic mass is 9.96. The van der Waals surface area contributed by atoms with Crippen LogP contribution in [-0.2, 0) is 17.8 Å². The molecule has 2 heterocycles. The first-order valence-electron chi connectivity index (χ1n) is 6.41. The number of aromatic nitrogens is 1. The van der Waals surface area contributed by atoms with Crippen molar-refractivity contribution in [1.29, 1.82) is 0 Å². The minimum Gasteiger partial charge on any atom is -0.465 e. The van der Waals surface area contributed by atoms with Gasteiger partial charge in [0.15, 0.2) is 0 Å². The van der Waals surface area contributed by atoms with Crippen molar-refractivity contribution in [1.82, 2.24) is 15.2 Å². The van der Waals surface area contributed by atoms with Crippen LogP contribution in [0.5, 0.6) is 0 Å². The molecule has 0 aliphatic carbocycles. The fraction of sp³-hybridized carbons (Fsp3) is 0.286. The lowest BCUT2D eigenvalue weighted by Crippen LogP contribution is -2.51. The molecule has 1 atom stereocenters. The lowest BCUT2D eigenvalue weighted by Gasteiger charge is -2.32. The summed E-state index contributed by atoms with van der Waals surface area (Å²) >= 11 is 0. The highest BCUT2D eigenvalue weighted by Crippen LogP contribution is 2.30. The summed E-state index contributed by atoms with van der Waals surface area (Å²) in [5.74, 6) is -0.275. The number of para-hydroxylation sites is 1. The number of carbonyl (C=O) groups is 2. The second-order valence-electron chi connectivity index (χ2n) is 4.87. The maximum Gasteiger partial charge on any atom is 0.408 e. The van der Waals surface area contributed by atoms with Gasteiger partial charge < -0.3 is 15.4 Å². The summed E-state index contributed by atoms with van der Waals surface area (Å²) in [5, 5.41) is 12.9. The monoisotopic (exact) mass is 273 g/mol. The molecule has 3 rings (SSSR count). The van der Waals surface area contributed by atoms with Crippen LogP contribution < -0.4 is 5.32 Å². The first kappa shape index (κ1) is 12.5. The minimum atomic E-state index is -1.08. The molecule has 0 radical (unpaired) electrons. The highest BCUT2D eigenvalue weighted by Gasteiger charge is 2.35. The van der Waals surface area contributed by atoms with E-state index in [2.05, 4.69) is 10.3 Å². The van der Waals surface area contributed by atoms with Gasteiger partial charge in [0.25, 0.3) is 0 Å². The standard InChI is InChI=1S/C14H15N3O3/c1-15-13(18)12-6-9-8-4-2-3-5-10(8)16-11(9)7-17(12)14(19)20/h2-5,12,16H,6-7H2,1H3,(H,15,18)(H,19,20). The molecule has 0 saturated heterocycles. The Labute approximate surface area is 115 Å². The predicted octanol–water partition coefficient (Wildman–Crippen LogP) is 1.32. The van der Waals surface area contributed by atoms with Crippen LogP contribution in [0.15, 0.2) is 24.3 Å². The zero-order valence-electron chi connectivity index (χ0n) is 11.0. The molecule has 6 heteroatoms. The number of carbonyl (C=O) groups excluding carboxylic acids is 1. The van der Waals surface area contributed by atoms with Gasteiger partial charge in [-0.3, -0.25) is 9.69 Å². The van der Waals surface area contributed by atoms with Gasteiger partial charge in [0.05, 0.1) is 6.54 Å².